The van der Waals surface area contributed by atoms with Crippen molar-refractivity contribution in [3.63, 3.8) is 0 Å². The minimum atomic E-state index is -0.824. The zero-order chi connectivity index (χ0) is 15.2. The van der Waals surface area contributed by atoms with Crippen LogP contribution in [0.25, 0.3) is 0 Å². The molecule has 0 spiro atoms. The van der Waals surface area contributed by atoms with E-state index in [4.69, 9.17) is 0 Å². The second-order valence-corrected chi connectivity index (χ2v) is 5.20. The fourth-order valence-corrected chi connectivity index (χ4v) is 1.99. The van der Waals surface area contributed by atoms with Crippen molar-refractivity contribution in [3.05, 3.63) is 53.6 Å². The Morgan fingerprint density at radius 2 is 2.05 bits per heavy atom. The van der Waals surface area contributed by atoms with E-state index < -0.39 is 11.6 Å². The van der Waals surface area contributed by atoms with Crippen LogP contribution in [0.3, 0.4) is 0 Å². The Labute approximate surface area is 123 Å². The summed E-state index contributed by atoms with van der Waals surface area (Å²) in [5.41, 5.74) is 0.710. The summed E-state index contributed by atoms with van der Waals surface area (Å²) in [5, 5.41) is 3.31. The van der Waals surface area contributed by atoms with Crippen LogP contribution in [0.5, 0.6) is 0 Å². The maximum Gasteiger partial charge on any atom is 0.159 e. The number of hydrogen-bond donors (Lipinski definition) is 1. The van der Waals surface area contributed by atoms with Crippen LogP contribution >= 0.6 is 0 Å². The summed E-state index contributed by atoms with van der Waals surface area (Å²) in [6.45, 7) is 2.93. The van der Waals surface area contributed by atoms with Crippen LogP contribution in [0, 0.1) is 11.6 Å². The smallest absolute Gasteiger partial charge is 0.159 e. The van der Waals surface area contributed by atoms with Gasteiger partial charge in [-0.2, -0.15) is 0 Å². The summed E-state index contributed by atoms with van der Waals surface area (Å²) in [5.74, 6) is -0.772. The van der Waals surface area contributed by atoms with Crippen molar-refractivity contribution < 1.29 is 8.78 Å². The van der Waals surface area contributed by atoms with Gasteiger partial charge in [0, 0.05) is 32.0 Å². The molecule has 1 aromatic heterocycles. The summed E-state index contributed by atoms with van der Waals surface area (Å²) in [7, 11) is 4.04. The molecule has 0 aliphatic carbocycles. The predicted molar refractivity (Wildman–Crippen MR) is 77.9 cm³/mol. The first kappa shape index (κ1) is 15.6. The lowest BCUT2D eigenvalue weighted by Crippen LogP contribution is -2.27. The molecule has 0 radical (unpaired) electrons. The van der Waals surface area contributed by atoms with Crippen LogP contribution in [0.4, 0.5) is 8.78 Å². The number of benzene rings is 1. The summed E-state index contributed by atoms with van der Waals surface area (Å²) in [6, 6.07) is 3.96. The lowest BCUT2D eigenvalue weighted by molar-refractivity contribution is 0.398. The Kier molecular flexibility index (Phi) is 5.41. The number of aromatic nitrogens is 2. The molecule has 4 nitrogen and oxygen atoms in total. The van der Waals surface area contributed by atoms with Crippen molar-refractivity contribution in [3.8, 4) is 0 Å². The zero-order valence-corrected chi connectivity index (χ0v) is 12.3. The van der Waals surface area contributed by atoms with Gasteiger partial charge in [-0.25, -0.2) is 13.8 Å². The normalized spacial score (nSPS) is 11.3. The van der Waals surface area contributed by atoms with Gasteiger partial charge in [0.2, 0.25) is 0 Å². The van der Waals surface area contributed by atoms with Gasteiger partial charge in [0.25, 0.3) is 0 Å². The average molecular weight is 294 g/mol. The molecule has 1 N–H and O–H groups in total. The van der Waals surface area contributed by atoms with E-state index in [0.717, 1.165) is 25.0 Å². The Bertz CT molecular complexity index is 581. The Morgan fingerprint density at radius 1 is 1.24 bits per heavy atom. The number of imidazole rings is 1. The van der Waals surface area contributed by atoms with Crippen molar-refractivity contribution in [2.75, 3.05) is 27.2 Å². The van der Waals surface area contributed by atoms with Gasteiger partial charge in [-0.1, -0.05) is 6.07 Å². The summed E-state index contributed by atoms with van der Waals surface area (Å²) < 4.78 is 28.1. The third-order valence-electron chi connectivity index (χ3n) is 3.16. The molecule has 0 unspecified atom stereocenters. The van der Waals surface area contributed by atoms with Crippen LogP contribution in [0.15, 0.2) is 30.6 Å². The van der Waals surface area contributed by atoms with Crippen LogP contribution < -0.4 is 5.32 Å². The van der Waals surface area contributed by atoms with Crippen molar-refractivity contribution in [1.29, 1.82) is 0 Å². The first-order valence-electron chi connectivity index (χ1n) is 6.85. The Morgan fingerprint density at radius 3 is 2.76 bits per heavy atom. The molecule has 1 aromatic carbocycles. The molecule has 0 saturated carbocycles. The molecule has 0 aliphatic rings. The zero-order valence-electron chi connectivity index (χ0n) is 12.3. The molecule has 0 aliphatic heterocycles. The summed E-state index contributed by atoms with van der Waals surface area (Å²) in [6.07, 6.45) is 3.55. The van der Waals surface area contributed by atoms with Gasteiger partial charge in [-0.3, -0.25) is 0 Å². The molecule has 2 rings (SSSR count). The molecular formula is C15H20F2N4. The van der Waals surface area contributed by atoms with Crippen molar-refractivity contribution in [2.45, 2.75) is 13.1 Å². The third kappa shape index (κ3) is 4.61. The van der Waals surface area contributed by atoms with Gasteiger partial charge in [0.15, 0.2) is 11.6 Å². The highest BCUT2D eigenvalue weighted by Crippen LogP contribution is 2.11. The monoisotopic (exact) mass is 294 g/mol. The molecule has 21 heavy (non-hydrogen) atoms. The van der Waals surface area contributed by atoms with E-state index >= 15 is 0 Å². The first-order valence-corrected chi connectivity index (χ1v) is 6.85. The highest BCUT2D eigenvalue weighted by atomic mass is 19.2. The molecule has 2 aromatic rings. The molecule has 0 atom stereocenters. The van der Waals surface area contributed by atoms with Crippen LogP contribution in [0.2, 0.25) is 0 Å². The van der Waals surface area contributed by atoms with Gasteiger partial charge in [-0.15, -0.1) is 0 Å². The van der Waals surface area contributed by atoms with Gasteiger partial charge >= 0.3 is 0 Å². The number of rotatable bonds is 7. The molecule has 1 heterocycles. The van der Waals surface area contributed by atoms with Crippen molar-refractivity contribution in [1.82, 2.24) is 19.8 Å². The Hall–Kier alpha value is -1.79. The topological polar surface area (TPSA) is 33.1 Å². The van der Waals surface area contributed by atoms with E-state index in [2.05, 4.69) is 15.2 Å². The summed E-state index contributed by atoms with van der Waals surface area (Å²) in [4.78, 5) is 6.39. The SMILES string of the molecule is CN(C)CCNCc1nccn1Cc1ccc(F)c(F)c1. The van der Waals surface area contributed by atoms with E-state index in [0.29, 0.717) is 18.7 Å². The quantitative estimate of drug-likeness (QED) is 0.791. The first-order chi connectivity index (χ1) is 10.1. The third-order valence-corrected chi connectivity index (χ3v) is 3.16. The molecule has 0 fully saturated rings. The largest absolute Gasteiger partial charge is 0.329 e. The second kappa shape index (κ2) is 7.28. The maximum atomic E-state index is 13.2. The number of hydrogen-bond acceptors (Lipinski definition) is 3. The van der Waals surface area contributed by atoms with Crippen LogP contribution in [0.1, 0.15) is 11.4 Å². The van der Waals surface area contributed by atoms with Gasteiger partial charge < -0.3 is 14.8 Å². The highest BCUT2D eigenvalue weighted by Gasteiger charge is 2.06. The van der Waals surface area contributed by atoms with Gasteiger partial charge in [0.1, 0.15) is 5.82 Å². The van der Waals surface area contributed by atoms with Crippen LogP contribution in [-0.4, -0.2) is 41.6 Å². The number of likely N-dealkylation sites (N-methyl/N-ethyl adjacent to an activating group) is 1. The molecule has 6 heteroatoms. The maximum absolute atomic E-state index is 13.2. The molecule has 114 valence electrons. The van der Waals surface area contributed by atoms with E-state index in [-0.39, 0.29) is 0 Å². The molecular weight excluding hydrogens is 274 g/mol. The fourth-order valence-electron chi connectivity index (χ4n) is 1.99. The second-order valence-electron chi connectivity index (χ2n) is 5.20. The van der Waals surface area contributed by atoms with E-state index in [9.17, 15) is 8.78 Å². The van der Waals surface area contributed by atoms with Crippen molar-refractivity contribution >= 4 is 0 Å². The fraction of sp³-hybridized carbons (Fsp3) is 0.400. The molecule has 0 bridgehead atoms. The lowest BCUT2D eigenvalue weighted by Gasteiger charge is -2.12. The van der Waals surface area contributed by atoms with Gasteiger partial charge in [-0.05, 0) is 31.8 Å². The standard InChI is InChI=1S/C15H20F2N4/c1-20(2)7-5-18-10-15-19-6-8-21(15)11-12-3-4-13(16)14(17)9-12/h3-4,6,8-9,18H,5,7,10-11H2,1-2H3. The van der Waals surface area contributed by atoms with Crippen LogP contribution in [-0.2, 0) is 13.1 Å². The minimum Gasteiger partial charge on any atom is -0.329 e. The Balaban J connectivity index is 1.95. The molecule has 0 amide bonds. The number of nitrogens with zero attached hydrogens (tertiary/aromatic N) is 3. The number of nitrogens with one attached hydrogen (secondary N) is 1. The minimum absolute atomic E-state index is 0.474. The van der Waals surface area contributed by atoms with E-state index in [1.54, 1.807) is 12.3 Å². The van der Waals surface area contributed by atoms with Gasteiger partial charge in [0.05, 0.1) is 6.54 Å². The van der Waals surface area contributed by atoms with E-state index in [1.165, 1.54) is 6.07 Å². The average Bonchev–Trinajstić information content (AvgIpc) is 2.86. The van der Waals surface area contributed by atoms with Crippen molar-refractivity contribution in [2.24, 2.45) is 0 Å². The predicted octanol–water partition coefficient (Wildman–Crippen LogP) is 1.86. The highest BCUT2D eigenvalue weighted by molar-refractivity contribution is 5.18. The van der Waals surface area contributed by atoms with E-state index in [1.807, 2.05) is 24.9 Å². The summed E-state index contributed by atoms with van der Waals surface area (Å²) >= 11 is 0. The number of halogens is 2. The lowest BCUT2D eigenvalue weighted by atomic mass is 10.2. The molecule has 0 saturated heterocycles.